The number of aromatic nitrogens is 3. The molecular formula is C11H12N4O3S. The molecule has 2 rings (SSSR count). The van der Waals surface area contributed by atoms with Gasteiger partial charge in [-0.05, 0) is 18.6 Å². The van der Waals surface area contributed by atoms with Gasteiger partial charge in [0.25, 0.3) is 11.5 Å². The number of fused-ring (bicyclic) bond motifs is 1. The average molecular weight is 280 g/mol. The number of pyridine rings is 1. The Morgan fingerprint density at radius 3 is 2.84 bits per heavy atom. The number of hydrogen-bond donors (Lipinski definition) is 4. The molecule has 0 aliphatic heterocycles. The van der Waals surface area contributed by atoms with Crippen molar-refractivity contribution in [3.63, 3.8) is 0 Å². The zero-order valence-electron chi connectivity index (χ0n) is 10.1. The van der Waals surface area contributed by atoms with Gasteiger partial charge in [-0.2, -0.15) is 12.6 Å². The molecule has 0 bridgehead atoms. The third kappa shape index (κ3) is 2.68. The lowest BCUT2D eigenvalue weighted by molar-refractivity contribution is 0.0951. The van der Waals surface area contributed by atoms with E-state index in [1.54, 1.807) is 6.92 Å². The summed E-state index contributed by atoms with van der Waals surface area (Å²) in [6.45, 7) is 2.08. The molecule has 100 valence electrons. The number of rotatable bonds is 3. The zero-order chi connectivity index (χ0) is 14.0. The molecule has 0 saturated heterocycles. The van der Waals surface area contributed by atoms with Crippen LogP contribution in [-0.2, 0) is 0 Å². The highest BCUT2D eigenvalue weighted by Gasteiger charge is 2.12. The Morgan fingerprint density at radius 1 is 1.42 bits per heavy atom. The fourth-order valence-electron chi connectivity index (χ4n) is 1.73. The number of amides is 1. The van der Waals surface area contributed by atoms with Crippen molar-refractivity contribution in [3.05, 3.63) is 38.2 Å². The topological polar surface area (TPSA) is 108 Å². The highest BCUT2D eigenvalue weighted by Crippen LogP contribution is 2.10. The summed E-state index contributed by atoms with van der Waals surface area (Å²) in [4.78, 5) is 43.2. The van der Waals surface area contributed by atoms with E-state index >= 15 is 0 Å². The first kappa shape index (κ1) is 13.3. The molecule has 0 aliphatic carbocycles. The van der Waals surface area contributed by atoms with E-state index in [-0.39, 0.29) is 22.6 Å². The predicted octanol–water partition coefficient (Wildman–Crippen LogP) is -0.421. The molecule has 3 N–H and O–H groups in total. The molecule has 0 radical (unpaired) electrons. The van der Waals surface area contributed by atoms with Crippen LogP contribution < -0.4 is 16.6 Å². The second-order valence-corrected chi connectivity index (χ2v) is 4.38. The molecule has 2 aromatic rings. The second-order valence-electron chi connectivity index (χ2n) is 3.94. The average Bonchev–Trinajstić information content (AvgIpc) is 2.34. The van der Waals surface area contributed by atoms with Crippen molar-refractivity contribution >= 4 is 29.6 Å². The minimum atomic E-state index is -0.655. The van der Waals surface area contributed by atoms with Gasteiger partial charge >= 0.3 is 5.69 Å². The summed E-state index contributed by atoms with van der Waals surface area (Å²) in [5.41, 5.74) is -0.361. The third-order valence-corrected chi connectivity index (χ3v) is 2.76. The van der Waals surface area contributed by atoms with E-state index in [2.05, 4.69) is 32.9 Å². The lowest BCUT2D eigenvalue weighted by Gasteiger charge is -2.05. The third-order valence-electron chi connectivity index (χ3n) is 2.53. The molecule has 2 aromatic heterocycles. The van der Waals surface area contributed by atoms with Gasteiger partial charge in [0.2, 0.25) is 0 Å². The monoisotopic (exact) mass is 280 g/mol. The maximum absolute atomic E-state index is 11.8. The summed E-state index contributed by atoms with van der Waals surface area (Å²) in [5.74, 6) is 0.134. The molecule has 0 atom stereocenters. The van der Waals surface area contributed by atoms with Gasteiger partial charge < -0.3 is 5.32 Å². The van der Waals surface area contributed by atoms with Crippen LogP contribution in [0.25, 0.3) is 11.0 Å². The van der Waals surface area contributed by atoms with Gasteiger partial charge in [0, 0.05) is 12.3 Å². The van der Waals surface area contributed by atoms with Crippen molar-refractivity contribution in [1.29, 1.82) is 0 Å². The number of hydrogen-bond acceptors (Lipinski definition) is 5. The normalized spacial score (nSPS) is 10.6. The fourth-order valence-corrected chi connectivity index (χ4v) is 1.84. The molecule has 1 amide bonds. The number of carbonyl (C=O) groups is 1. The zero-order valence-corrected chi connectivity index (χ0v) is 11.0. The molecule has 0 unspecified atom stereocenters. The van der Waals surface area contributed by atoms with Gasteiger partial charge in [-0.3, -0.25) is 19.6 Å². The number of aryl methyl sites for hydroxylation is 1. The number of H-pyrrole nitrogens is 2. The van der Waals surface area contributed by atoms with E-state index in [9.17, 15) is 14.4 Å². The van der Waals surface area contributed by atoms with Crippen molar-refractivity contribution in [2.45, 2.75) is 6.92 Å². The number of nitrogens with one attached hydrogen (secondary N) is 3. The first-order chi connectivity index (χ1) is 9.02. The molecular weight excluding hydrogens is 268 g/mol. The van der Waals surface area contributed by atoms with E-state index in [0.717, 1.165) is 0 Å². The molecule has 8 heteroatoms. The first-order valence-electron chi connectivity index (χ1n) is 5.56. The van der Waals surface area contributed by atoms with Crippen LogP contribution in [0.1, 0.15) is 16.1 Å². The Labute approximate surface area is 112 Å². The minimum absolute atomic E-state index is 0.102. The lowest BCUT2D eigenvalue weighted by Crippen LogP contribution is -2.28. The number of aromatic amines is 2. The second kappa shape index (κ2) is 5.27. The highest BCUT2D eigenvalue weighted by molar-refractivity contribution is 7.80. The van der Waals surface area contributed by atoms with E-state index in [1.165, 1.54) is 6.07 Å². The van der Waals surface area contributed by atoms with Crippen LogP contribution in [0.3, 0.4) is 0 Å². The van der Waals surface area contributed by atoms with Gasteiger partial charge in [0.15, 0.2) is 0 Å². The number of thiol groups is 1. The van der Waals surface area contributed by atoms with Gasteiger partial charge in [-0.25, -0.2) is 9.78 Å². The molecule has 7 nitrogen and oxygen atoms in total. The van der Waals surface area contributed by atoms with Crippen LogP contribution in [0.15, 0.2) is 15.7 Å². The first-order valence-corrected chi connectivity index (χ1v) is 6.19. The Kier molecular flexibility index (Phi) is 3.70. The molecule has 0 fully saturated rings. The van der Waals surface area contributed by atoms with Crippen LogP contribution in [0.2, 0.25) is 0 Å². The maximum Gasteiger partial charge on any atom is 0.327 e. The van der Waals surface area contributed by atoms with Gasteiger partial charge in [-0.1, -0.05) is 0 Å². The molecule has 0 aliphatic rings. The van der Waals surface area contributed by atoms with E-state index in [0.29, 0.717) is 17.9 Å². The van der Waals surface area contributed by atoms with Crippen LogP contribution in [0, 0.1) is 6.92 Å². The van der Waals surface area contributed by atoms with Crippen LogP contribution in [0.4, 0.5) is 0 Å². The van der Waals surface area contributed by atoms with Gasteiger partial charge in [0.05, 0.1) is 5.39 Å². The summed E-state index contributed by atoms with van der Waals surface area (Å²) in [6, 6.07) is 1.50. The van der Waals surface area contributed by atoms with Crippen molar-refractivity contribution in [3.8, 4) is 0 Å². The lowest BCUT2D eigenvalue weighted by atomic mass is 10.1. The van der Waals surface area contributed by atoms with Gasteiger partial charge in [0.1, 0.15) is 11.3 Å². The van der Waals surface area contributed by atoms with Crippen molar-refractivity contribution < 1.29 is 4.79 Å². The highest BCUT2D eigenvalue weighted by atomic mass is 32.1. The summed E-state index contributed by atoms with van der Waals surface area (Å²) in [5, 5.41) is 2.88. The van der Waals surface area contributed by atoms with Crippen LogP contribution in [0.5, 0.6) is 0 Å². The summed E-state index contributed by atoms with van der Waals surface area (Å²) in [7, 11) is 0. The SMILES string of the molecule is Cc1cc(C(=O)NCCS)nc2[nH]c(=O)[nH]c(=O)c12. The molecule has 19 heavy (non-hydrogen) atoms. The standard InChI is InChI=1S/C11H12N4O3S/c1-5-4-6(9(16)12-2-3-19)13-8-7(5)10(17)15-11(18)14-8/h4,19H,2-3H2,1H3,(H,12,16)(H2,13,14,15,17,18). The van der Waals surface area contributed by atoms with Crippen molar-refractivity contribution in [2.75, 3.05) is 12.3 Å². The largest absolute Gasteiger partial charge is 0.350 e. The predicted molar refractivity (Wildman–Crippen MR) is 73.9 cm³/mol. The Hall–Kier alpha value is -2.09. The summed E-state index contributed by atoms with van der Waals surface area (Å²) >= 11 is 3.99. The minimum Gasteiger partial charge on any atom is -0.350 e. The van der Waals surface area contributed by atoms with E-state index in [4.69, 9.17) is 0 Å². The molecule has 0 saturated carbocycles. The maximum atomic E-state index is 11.8. The number of carbonyl (C=O) groups excluding carboxylic acids is 1. The molecule has 2 heterocycles. The Bertz CT molecular complexity index is 750. The van der Waals surface area contributed by atoms with Crippen molar-refractivity contribution in [2.24, 2.45) is 0 Å². The molecule has 0 aromatic carbocycles. The van der Waals surface area contributed by atoms with Crippen LogP contribution >= 0.6 is 12.6 Å². The Balaban J connectivity index is 2.58. The van der Waals surface area contributed by atoms with Gasteiger partial charge in [-0.15, -0.1) is 0 Å². The van der Waals surface area contributed by atoms with E-state index in [1.807, 2.05) is 0 Å². The van der Waals surface area contributed by atoms with Crippen LogP contribution in [-0.4, -0.2) is 33.2 Å². The number of nitrogens with zero attached hydrogens (tertiary/aromatic N) is 1. The quantitative estimate of drug-likeness (QED) is 0.573. The molecule has 0 spiro atoms. The van der Waals surface area contributed by atoms with E-state index < -0.39 is 11.2 Å². The smallest absolute Gasteiger partial charge is 0.327 e. The fraction of sp³-hybridized carbons (Fsp3) is 0.273. The Morgan fingerprint density at radius 2 is 2.16 bits per heavy atom. The summed E-state index contributed by atoms with van der Waals surface area (Å²) in [6.07, 6.45) is 0. The van der Waals surface area contributed by atoms with Crippen molar-refractivity contribution in [1.82, 2.24) is 20.3 Å². The summed E-state index contributed by atoms with van der Waals surface area (Å²) < 4.78 is 0.